The second-order valence-electron chi connectivity index (χ2n) is 2.78. The molecule has 14 heavy (non-hydrogen) atoms. The van der Waals surface area contributed by atoms with Gasteiger partial charge in [-0.3, -0.25) is 10.1 Å². The first kappa shape index (κ1) is 10.4. The molecule has 0 saturated heterocycles. The molecule has 0 unspecified atom stereocenters. The number of methoxy groups -OCH3 is 1. The Morgan fingerprint density at radius 2 is 2.07 bits per heavy atom. The molecule has 0 aliphatic rings. The molecule has 1 aromatic rings. The summed E-state index contributed by atoms with van der Waals surface area (Å²) in [5.41, 5.74) is 1.85. The number of nitro groups is 1. The molecule has 0 saturated carbocycles. The van der Waals surface area contributed by atoms with Crippen molar-refractivity contribution in [3.05, 3.63) is 51.7 Å². The summed E-state index contributed by atoms with van der Waals surface area (Å²) in [6.45, 7) is 0.555. The summed E-state index contributed by atoms with van der Waals surface area (Å²) in [4.78, 5) is 9.56. The van der Waals surface area contributed by atoms with E-state index in [2.05, 4.69) is 0 Å². The molecule has 0 radical (unpaired) electrons. The highest BCUT2D eigenvalue weighted by Gasteiger charge is 1.92. The number of ether oxygens (including phenoxy) is 1. The van der Waals surface area contributed by atoms with E-state index in [1.807, 2.05) is 24.3 Å². The smallest absolute Gasteiger partial charge is 0.235 e. The van der Waals surface area contributed by atoms with Crippen LogP contribution in [0, 0.1) is 10.1 Å². The fourth-order valence-corrected chi connectivity index (χ4v) is 1.04. The number of rotatable bonds is 4. The van der Waals surface area contributed by atoms with Crippen molar-refractivity contribution in [2.45, 2.75) is 6.61 Å². The van der Waals surface area contributed by atoms with Crippen molar-refractivity contribution in [1.29, 1.82) is 0 Å². The Hall–Kier alpha value is -1.68. The normalized spacial score (nSPS) is 10.6. The Morgan fingerprint density at radius 1 is 1.43 bits per heavy atom. The van der Waals surface area contributed by atoms with Crippen molar-refractivity contribution in [2.75, 3.05) is 7.11 Å². The van der Waals surface area contributed by atoms with Crippen molar-refractivity contribution in [3.8, 4) is 0 Å². The van der Waals surface area contributed by atoms with Gasteiger partial charge in [-0.25, -0.2) is 0 Å². The zero-order valence-corrected chi connectivity index (χ0v) is 7.84. The van der Waals surface area contributed by atoms with Crippen LogP contribution in [0.2, 0.25) is 0 Å². The van der Waals surface area contributed by atoms with Gasteiger partial charge in [0.1, 0.15) is 0 Å². The minimum atomic E-state index is -0.483. The molecule has 0 amide bonds. The molecule has 0 bridgehead atoms. The highest BCUT2D eigenvalue weighted by molar-refractivity contribution is 5.48. The van der Waals surface area contributed by atoms with E-state index in [1.54, 1.807) is 7.11 Å². The maximum absolute atomic E-state index is 10.0. The third kappa shape index (κ3) is 3.37. The SMILES string of the molecule is COCc1ccc(C=C[N+](=O)[O-])cc1. The van der Waals surface area contributed by atoms with Crippen molar-refractivity contribution in [1.82, 2.24) is 0 Å². The third-order valence-corrected chi connectivity index (χ3v) is 1.68. The van der Waals surface area contributed by atoms with E-state index in [9.17, 15) is 10.1 Å². The van der Waals surface area contributed by atoms with Crippen LogP contribution in [0.25, 0.3) is 6.08 Å². The van der Waals surface area contributed by atoms with Crippen LogP contribution in [-0.4, -0.2) is 12.0 Å². The molecule has 1 aromatic carbocycles. The third-order valence-electron chi connectivity index (χ3n) is 1.68. The van der Waals surface area contributed by atoms with Gasteiger partial charge in [0.2, 0.25) is 6.20 Å². The predicted octanol–water partition coefficient (Wildman–Crippen LogP) is 2.08. The van der Waals surface area contributed by atoms with E-state index in [1.165, 1.54) is 6.08 Å². The van der Waals surface area contributed by atoms with Gasteiger partial charge in [0.15, 0.2) is 0 Å². The van der Waals surface area contributed by atoms with Gasteiger partial charge in [-0.1, -0.05) is 24.3 Å². The molecule has 4 nitrogen and oxygen atoms in total. The summed E-state index contributed by atoms with van der Waals surface area (Å²) >= 11 is 0. The second-order valence-corrected chi connectivity index (χ2v) is 2.78. The first-order chi connectivity index (χ1) is 6.72. The van der Waals surface area contributed by atoms with E-state index < -0.39 is 4.92 Å². The molecule has 0 aliphatic heterocycles. The Labute approximate surface area is 82.0 Å². The van der Waals surface area contributed by atoms with Gasteiger partial charge in [0.25, 0.3) is 0 Å². The maximum Gasteiger partial charge on any atom is 0.235 e. The van der Waals surface area contributed by atoms with Gasteiger partial charge in [-0.15, -0.1) is 0 Å². The molecule has 0 aromatic heterocycles. The molecule has 0 spiro atoms. The van der Waals surface area contributed by atoms with Crippen LogP contribution in [0.15, 0.2) is 30.5 Å². The van der Waals surface area contributed by atoms with Crippen LogP contribution < -0.4 is 0 Å². The quantitative estimate of drug-likeness (QED) is 0.543. The highest BCUT2D eigenvalue weighted by Crippen LogP contribution is 2.06. The highest BCUT2D eigenvalue weighted by atomic mass is 16.6. The number of nitrogens with zero attached hydrogens (tertiary/aromatic N) is 1. The average molecular weight is 193 g/mol. The fraction of sp³-hybridized carbons (Fsp3) is 0.200. The lowest BCUT2D eigenvalue weighted by molar-refractivity contribution is -0.400. The molecule has 0 heterocycles. The number of hydrogen-bond acceptors (Lipinski definition) is 3. The fourth-order valence-electron chi connectivity index (χ4n) is 1.04. The van der Waals surface area contributed by atoms with Gasteiger partial charge in [0, 0.05) is 13.2 Å². The van der Waals surface area contributed by atoms with Crippen LogP contribution >= 0.6 is 0 Å². The summed E-state index contributed by atoms with van der Waals surface area (Å²) < 4.78 is 4.94. The summed E-state index contributed by atoms with van der Waals surface area (Å²) in [7, 11) is 1.63. The van der Waals surface area contributed by atoms with Crippen LogP contribution in [0.1, 0.15) is 11.1 Å². The molecule has 0 N–H and O–H groups in total. The van der Waals surface area contributed by atoms with Crippen LogP contribution in [0.4, 0.5) is 0 Å². The van der Waals surface area contributed by atoms with Gasteiger partial charge in [-0.05, 0) is 11.1 Å². The van der Waals surface area contributed by atoms with Crippen molar-refractivity contribution in [2.24, 2.45) is 0 Å². The summed E-state index contributed by atoms with van der Waals surface area (Å²) in [5.74, 6) is 0. The van der Waals surface area contributed by atoms with Crippen LogP contribution in [0.3, 0.4) is 0 Å². The van der Waals surface area contributed by atoms with Gasteiger partial charge >= 0.3 is 0 Å². The molecule has 0 atom stereocenters. The Bertz CT molecular complexity index is 330. The minimum Gasteiger partial charge on any atom is -0.380 e. The van der Waals surface area contributed by atoms with E-state index in [-0.39, 0.29) is 0 Å². The zero-order valence-electron chi connectivity index (χ0n) is 7.84. The predicted molar refractivity (Wildman–Crippen MR) is 53.2 cm³/mol. The number of hydrogen-bond donors (Lipinski definition) is 0. The standard InChI is InChI=1S/C10H11NO3/c1-14-8-10-4-2-9(3-5-10)6-7-11(12)13/h2-7H,8H2,1H3. The number of benzene rings is 1. The average Bonchev–Trinajstić information content (AvgIpc) is 2.17. The molecular formula is C10H11NO3. The second kappa shape index (κ2) is 5.14. The minimum absolute atomic E-state index is 0.483. The van der Waals surface area contributed by atoms with E-state index >= 15 is 0 Å². The van der Waals surface area contributed by atoms with Crippen molar-refractivity contribution < 1.29 is 9.66 Å². The molecule has 4 heteroatoms. The first-order valence-corrected chi connectivity index (χ1v) is 4.12. The summed E-state index contributed by atoms with van der Waals surface area (Å²) in [6, 6.07) is 7.38. The Balaban J connectivity index is 2.68. The summed E-state index contributed by atoms with van der Waals surface area (Å²) in [5, 5.41) is 10.0. The lowest BCUT2D eigenvalue weighted by atomic mass is 10.1. The first-order valence-electron chi connectivity index (χ1n) is 4.12. The molecule has 1 rings (SSSR count). The molecule has 74 valence electrons. The molecule has 0 aliphatic carbocycles. The van der Waals surface area contributed by atoms with Gasteiger partial charge < -0.3 is 4.74 Å². The maximum atomic E-state index is 10.0. The zero-order chi connectivity index (χ0) is 10.4. The lowest BCUT2D eigenvalue weighted by Crippen LogP contribution is -1.87. The van der Waals surface area contributed by atoms with E-state index in [4.69, 9.17) is 4.74 Å². The Kier molecular flexibility index (Phi) is 3.82. The topological polar surface area (TPSA) is 52.4 Å². The molecule has 0 fully saturated rings. The summed E-state index contributed by atoms with van der Waals surface area (Å²) in [6.07, 6.45) is 2.38. The van der Waals surface area contributed by atoms with Crippen molar-refractivity contribution in [3.63, 3.8) is 0 Å². The largest absolute Gasteiger partial charge is 0.380 e. The Morgan fingerprint density at radius 3 is 2.57 bits per heavy atom. The van der Waals surface area contributed by atoms with Crippen LogP contribution in [-0.2, 0) is 11.3 Å². The lowest BCUT2D eigenvalue weighted by Gasteiger charge is -1.98. The monoisotopic (exact) mass is 193 g/mol. The van der Waals surface area contributed by atoms with Crippen LogP contribution in [0.5, 0.6) is 0 Å². The van der Waals surface area contributed by atoms with E-state index in [0.717, 1.165) is 17.3 Å². The van der Waals surface area contributed by atoms with E-state index in [0.29, 0.717) is 6.61 Å². The van der Waals surface area contributed by atoms with Gasteiger partial charge in [0.05, 0.1) is 11.5 Å². The van der Waals surface area contributed by atoms with Crippen molar-refractivity contribution >= 4 is 6.08 Å². The van der Waals surface area contributed by atoms with Gasteiger partial charge in [-0.2, -0.15) is 0 Å². The molecular weight excluding hydrogens is 182 g/mol.